The molecule has 0 radical (unpaired) electrons. The first kappa shape index (κ1) is 23.3. The van der Waals surface area contributed by atoms with Crippen molar-refractivity contribution < 1.29 is 38.0 Å². The van der Waals surface area contributed by atoms with Gasteiger partial charge in [0, 0.05) is 5.92 Å². The number of cyclic esters (lactones) is 1. The van der Waals surface area contributed by atoms with Crippen molar-refractivity contribution in [2.75, 3.05) is 26.9 Å². The van der Waals surface area contributed by atoms with Gasteiger partial charge in [-0.1, -0.05) is 42.5 Å². The number of carbonyl (C=O) groups excluding carboxylic acids is 2. The molecule has 3 aliphatic heterocycles. The van der Waals surface area contributed by atoms with Crippen molar-refractivity contribution in [2.24, 2.45) is 22.7 Å². The molecule has 0 aromatic heterocycles. The number of hydrogen-bond acceptors (Lipinski definition) is 8. The number of benzene rings is 2. The molecular weight excluding hydrogens is 476 g/mol. The highest BCUT2D eigenvalue weighted by Gasteiger charge is 2.82. The number of ether oxygens (including phenoxy) is 6. The van der Waals surface area contributed by atoms with Gasteiger partial charge in [0.1, 0.15) is 24.6 Å². The van der Waals surface area contributed by atoms with Crippen molar-refractivity contribution in [1.29, 1.82) is 0 Å². The van der Waals surface area contributed by atoms with Crippen LogP contribution in [0, 0.1) is 22.7 Å². The molecule has 8 heteroatoms. The number of ketones is 1. The number of methoxy groups -OCH3 is 1. The molecule has 8 nitrogen and oxygen atoms in total. The minimum Gasteiger partial charge on any atom is -0.497 e. The maximum Gasteiger partial charge on any atom is 0.310 e. The van der Waals surface area contributed by atoms with Crippen molar-refractivity contribution in [3.63, 3.8) is 0 Å². The molecule has 7 rings (SSSR count). The Balaban J connectivity index is 1.18. The summed E-state index contributed by atoms with van der Waals surface area (Å²) in [7, 11) is 1.63. The highest BCUT2D eigenvalue weighted by molar-refractivity contribution is 5.99. The molecule has 0 bridgehead atoms. The summed E-state index contributed by atoms with van der Waals surface area (Å²) in [6, 6.07) is 17.7. The Labute approximate surface area is 215 Å². The smallest absolute Gasteiger partial charge is 0.310 e. The number of rotatable bonds is 8. The van der Waals surface area contributed by atoms with E-state index in [1.54, 1.807) is 7.11 Å². The molecule has 1 spiro atoms. The normalized spacial score (nSPS) is 38.9. The first-order chi connectivity index (χ1) is 18.1. The number of epoxide rings is 1. The third-order valence-electron chi connectivity index (χ3n) is 9.12. The van der Waals surface area contributed by atoms with Gasteiger partial charge in [0.2, 0.25) is 0 Å². The number of Topliss-reactive ketones (excluding diaryl/α,β-unsaturated/α-hetero) is 1. The van der Waals surface area contributed by atoms with Crippen LogP contribution in [0.15, 0.2) is 54.6 Å². The molecule has 3 heterocycles. The first-order valence-electron chi connectivity index (χ1n) is 12.9. The largest absolute Gasteiger partial charge is 0.497 e. The van der Waals surface area contributed by atoms with E-state index in [-0.39, 0.29) is 42.6 Å². The molecule has 8 atom stereocenters. The standard InChI is InChI=1S/C29H30O8/c1-32-19-9-7-18(8-10-19)13-34-21-11-20-27(31)36-16-29(20)24-22(21)35-15-28(24,26-23(37-26)25(29)30)14-33-12-17-5-3-2-4-6-17/h2-10,20-24,26H,11-16H2,1H3/t20-,21+,22+,23-,24+,26-,28+,29-/m1/s1. The maximum absolute atomic E-state index is 13.7. The van der Waals surface area contributed by atoms with Gasteiger partial charge in [-0.25, -0.2) is 0 Å². The zero-order valence-corrected chi connectivity index (χ0v) is 20.7. The Morgan fingerprint density at radius 1 is 0.973 bits per heavy atom. The van der Waals surface area contributed by atoms with Crippen LogP contribution in [0.2, 0.25) is 0 Å². The van der Waals surface area contributed by atoms with E-state index < -0.39 is 22.9 Å². The molecule has 0 N–H and O–H groups in total. The van der Waals surface area contributed by atoms with Crippen LogP contribution in [0.1, 0.15) is 17.5 Å². The summed E-state index contributed by atoms with van der Waals surface area (Å²) in [6.07, 6.45) is -1.10. The van der Waals surface area contributed by atoms with Crippen molar-refractivity contribution in [2.45, 2.75) is 44.1 Å². The highest BCUT2D eigenvalue weighted by atomic mass is 16.6. The second-order valence-electron chi connectivity index (χ2n) is 10.9. The Kier molecular flexibility index (Phi) is 5.44. The van der Waals surface area contributed by atoms with Gasteiger partial charge in [-0.2, -0.15) is 0 Å². The van der Waals surface area contributed by atoms with Crippen LogP contribution in [-0.2, 0) is 46.5 Å². The van der Waals surface area contributed by atoms with Crippen molar-refractivity contribution >= 4 is 11.8 Å². The third kappa shape index (κ3) is 3.43. The van der Waals surface area contributed by atoms with Crippen LogP contribution >= 0.6 is 0 Å². The van der Waals surface area contributed by atoms with E-state index in [2.05, 4.69) is 0 Å². The topological polar surface area (TPSA) is 92.8 Å². The predicted molar refractivity (Wildman–Crippen MR) is 128 cm³/mol. The molecule has 0 unspecified atom stereocenters. The summed E-state index contributed by atoms with van der Waals surface area (Å²) in [6.45, 7) is 1.68. The van der Waals surface area contributed by atoms with Crippen LogP contribution in [0.3, 0.4) is 0 Å². The van der Waals surface area contributed by atoms with Crippen LogP contribution < -0.4 is 4.74 Å². The van der Waals surface area contributed by atoms with Crippen LogP contribution in [-0.4, -0.2) is 63.1 Å². The van der Waals surface area contributed by atoms with Crippen LogP contribution in [0.25, 0.3) is 0 Å². The molecule has 3 saturated heterocycles. The van der Waals surface area contributed by atoms with E-state index in [1.807, 2.05) is 54.6 Å². The van der Waals surface area contributed by atoms with Gasteiger partial charge in [-0.15, -0.1) is 0 Å². The van der Waals surface area contributed by atoms with E-state index in [0.717, 1.165) is 16.9 Å². The Morgan fingerprint density at radius 3 is 2.54 bits per heavy atom. The Morgan fingerprint density at radius 2 is 1.76 bits per heavy atom. The summed E-state index contributed by atoms with van der Waals surface area (Å²) in [5.41, 5.74) is 0.580. The average molecular weight is 507 g/mol. The Bertz CT molecular complexity index is 1200. The average Bonchev–Trinajstić information content (AvgIpc) is 3.56. The van der Waals surface area contributed by atoms with Gasteiger partial charge < -0.3 is 28.4 Å². The SMILES string of the molecule is COc1ccc(CO[C@H]2C[C@@H]3C(=O)OC[C@@]34C(=O)[C@H]3O[C@H]3[C@@]3(COCc5ccccc5)CO[C@@H]2[C@@H]34)cc1. The van der Waals surface area contributed by atoms with Gasteiger partial charge in [0.05, 0.1) is 62.5 Å². The number of fused-ring (bicyclic) bond motifs is 2. The molecule has 5 fully saturated rings. The highest BCUT2D eigenvalue weighted by Crippen LogP contribution is 2.69. The quantitative estimate of drug-likeness (QED) is 0.399. The van der Waals surface area contributed by atoms with E-state index in [4.69, 9.17) is 28.4 Å². The summed E-state index contributed by atoms with van der Waals surface area (Å²) in [5.74, 6) is -0.407. The number of hydrogen-bond donors (Lipinski definition) is 0. The fourth-order valence-electron chi connectivity index (χ4n) is 7.38. The lowest BCUT2D eigenvalue weighted by molar-refractivity contribution is -0.172. The molecular formula is C29H30O8. The monoisotopic (exact) mass is 506 g/mol. The molecule has 37 heavy (non-hydrogen) atoms. The predicted octanol–water partition coefficient (Wildman–Crippen LogP) is 2.71. The van der Waals surface area contributed by atoms with Gasteiger partial charge in [-0.3, -0.25) is 9.59 Å². The zero-order valence-electron chi connectivity index (χ0n) is 20.7. The molecule has 2 saturated carbocycles. The fraction of sp³-hybridized carbons (Fsp3) is 0.517. The third-order valence-corrected chi connectivity index (χ3v) is 9.12. The maximum atomic E-state index is 13.7. The van der Waals surface area contributed by atoms with E-state index in [9.17, 15) is 9.59 Å². The van der Waals surface area contributed by atoms with E-state index in [0.29, 0.717) is 32.8 Å². The summed E-state index contributed by atoms with van der Waals surface area (Å²) in [5, 5.41) is 0. The number of esters is 1. The van der Waals surface area contributed by atoms with Crippen molar-refractivity contribution in [3.05, 3.63) is 65.7 Å². The first-order valence-corrected chi connectivity index (χ1v) is 12.9. The lowest BCUT2D eigenvalue weighted by Gasteiger charge is -2.52. The zero-order chi connectivity index (χ0) is 25.2. The van der Waals surface area contributed by atoms with Crippen LogP contribution in [0.5, 0.6) is 5.75 Å². The fourth-order valence-corrected chi connectivity index (χ4v) is 7.38. The molecule has 2 aromatic rings. The summed E-state index contributed by atoms with van der Waals surface area (Å²) in [4.78, 5) is 26.7. The lowest BCUT2D eigenvalue weighted by Crippen LogP contribution is -2.66. The van der Waals surface area contributed by atoms with Crippen molar-refractivity contribution in [1.82, 2.24) is 0 Å². The van der Waals surface area contributed by atoms with Crippen LogP contribution in [0.4, 0.5) is 0 Å². The second kappa shape index (κ2) is 8.63. The number of carbonyl (C=O) groups is 2. The van der Waals surface area contributed by atoms with Crippen molar-refractivity contribution in [3.8, 4) is 5.75 Å². The molecule has 194 valence electrons. The molecule has 2 aliphatic carbocycles. The van der Waals surface area contributed by atoms with Gasteiger partial charge in [-0.05, 0) is 29.7 Å². The lowest BCUT2D eigenvalue weighted by atomic mass is 9.47. The minimum atomic E-state index is -0.952. The molecule has 5 aliphatic rings. The molecule has 0 amide bonds. The van der Waals surface area contributed by atoms with E-state index in [1.165, 1.54) is 0 Å². The second-order valence-corrected chi connectivity index (χ2v) is 10.9. The van der Waals surface area contributed by atoms with E-state index >= 15 is 0 Å². The summed E-state index contributed by atoms with van der Waals surface area (Å²) >= 11 is 0. The van der Waals surface area contributed by atoms with Gasteiger partial charge >= 0.3 is 5.97 Å². The van der Waals surface area contributed by atoms with Gasteiger partial charge in [0.25, 0.3) is 0 Å². The minimum absolute atomic E-state index is 0.0128. The van der Waals surface area contributed by atoms with Gasteiger partial charge in [0.15, 0.2) is 5.78 Å². The Hall–Kier alpha value is -2.78. The molecule has 2 aromatic carbocycles. The summed E-state index contributed by atoms with van der Waals surface area (Å²) < 4.78 is 36.0.